The lowest BCUT2D eigenvalue weighted by Crippen LogP contribution is -2.48. The van der Waals surface area contributed by atoms with Crippen LogP contribution in [0.3, 0.4) is 0 Å². The topological polar surface area (TPSA) is 103 Å². The molecule has 0 bridgehead atoms. The summed E-state index contributed by atoms with van der Waals surface area (Å²) < 4.78 is 21.1. The van der Waals surface area contributed by atoms with Gasteiger partial charge in [-0.15, -0.1) is 0 Å². The molecule has 2 saturated heterocycles. The minimum absolute atomic E-state index is 0.0225. The van der Waals surface area contributed by atoms with E-state index < -0.39 is 6.17 Å². The minimum Gasteiger partial charge on any atom is -0.461 e. The van der Waals surface area contributed by atoms with E-state index in [2.05, 4.69) is 46.0 Å². The van der Waals surface area contributed by atoms with Crippen molar-refractivity contribution in [1.29, 1.82) is 0 Å². The van der Waals surface area contributed by atoms with Crippen molar-refractivity contribution in [3.63, 3.8) is 0 Å². The van der Waals surface area contributed by atoms with E-state index in [4.69, 9.17) is 37.0 Å². The number of nitrogens with two attached hydrogens (primary N) is 1. The highest BCUT2D eigenvalue weighted by molar-refractivity contribution is 6.45. The zero-order chi connectivity index (χ0) is 32.2. The normalized spacial score (nSPS) is 28.3. The van der Waals surface area contributed by atoms with Crippen molar-refractivity contribution in [2.45, 2.75) is 68.7 Å². The van der Waals surface area contributed by atoms with Gasteiger partial charge >= 0.3 is 6.01 Å². The van der Waals surface area contributed by atoms with Gasteiger partial charge in [-0.1, -0.05) is 35.9 Å². The molecule has 246 valence electrons. The average Bonchev–Trinajstić information content (AvgIpc) is 3.62. The Morgan fingerprint density at radius 1 is 1.17 bits per heavy atom. The van der Waals surface area contributed by atoms with Crippen molar-refractivity contribution in [1.82, 2.24) is 24.7 Å². The van der Waals surface area contributed by atoms with Crippen molar-refractivity contribution in [3.05, 3.63) is 57.4 Å². The number of carbonyl (C=O) groups is 1. The standard InChI is InChI=1S/C34H44ClFN8O2/c1-41(2)31(45)29(37)28(35)27-20-43(14-7-13-38-27)30-24-19-42(3)34(12-10-22-8-4-5-9-25(22)34)17-26(24)39-32(40-30)46-21-33-11-6-15-44(33)18-23(36)16-33/h4-5,8-9,23H,6-7,10-21,37H2,1-3H3/t23-,33+,34+/m1/s1. The molecule has 1 amide bonds. The average molecular weight is 651 g/mol. The van der Waals surface area contributed by atoms with Gasteiger partial charge in [0, 0.05) is 58.7 Å². The number of rotatable bonds is 6. The first-order valence-corrected chi connectivity index (χ1v) is 16.8. The third-order valence-corrected chi connectivity index (χ3v) is 11.3. The third-order valence-electron chi connectivity index (χ3n) is 10.8. The molecule has 1 spiro atoms. The lowest BCUT2D eigenvalue weighted by Gasteiger charge is -2.44. The molecule has 3 atom stereocenters. The summed E-state index contributed by atoms with van der Waals surface area (Å²) >= 11 is 6.74. The van der Waals surface area contributed by atoms with Gasteiger partial charge in [-0.2, -0.15) is 9.97 Å². The van der Waals surface area contributed by atoms with E-state index in [1.165, 1.54) is 16.0 Å². The summed E-state index contributed by atoms with van der Waals surface area (Å²) in [7, 11) is 5.49. The van der Waals surface area contributed by atoms with Gasteiger partial charge in [0.2, 0.25) is 0 Å². The van der Waals surface area contributed by atoms with Crippen LogP contribution in [0.2, 0.25) is 0 Å². The number of nitrogens with zero attached hydrogens (tertiary/aromatic N) is 7. The fourth-order valence-corrected chi connectivity index (χ4v) is 8.62. The molecule has 1 aromatic heterocycles. The molecule has 5 heterocycles. The van der Waals surface area contributed by atoms with E-state index in [-0.39, 0.29) is 27.7 Å². The monoisotopic (exact) mass is 650 g/mol. The van der Waals surface area contributed by atoms with Crippen molar-refractivity contribution >= 4 is 29.0 Å². The second-order valence-electron chi connectivity index (χ2n) is 13.9. The molecule has 2 N–H and O–H groups in total. The molecule has 5 aliphatic rings. The van der Waals surface area contributed by atoms with Gasteiger partial charge in [-0.25, -0.2) is 4.39 Å². The Bertz CT molecular complexity index is 1600. The highest BCUT2D eigenvalue weighted by Crippen LogP contribution is 2.48. The number of fused-ring (bicyclic) bond motifs is 4. The first-order valence-electron chi connectivity index (χ1n) is 16.5. The predicted octanol–water partition coefficient (Wildman–Crippen LogP) is 3.41. The second kappa shape index (κ2) is 12.1. The molecule has 2 aromatic rings. The van der Waals surface area contributed by atoms with Crippen molar-refractivity contribution in [3.8, 4) is 6.01 Å². The van der Waals surface area contributed by atoms with Crippen molar-refractivity contribution in [2.75, 3.05) is 65.4 Å². The largest absolute Gasteiger partial charge is 0.461 e. The number of hydrogen-bond acceptors (Lipinski definition) is 9. The van der Waals surface area contributed by atoms with Crippen LogP contribution in [0.4, 0.5) is 10.2 Å². The van der Waals surface area contributed by atoms with Crippen LogP contribution in [0, 0.1) is 0 Å². The Morgan fingerprint density at radius 2 is 2.00 bits per heavy atom. The first-order chi connectivity index (χ1) is 22.1. The van der Waals surface area contributed by atoms with Crippen LogP contribution in [-0.2, 0) is 29.7 Å². The van der Waals surface area contributed by atoms with Gasteiger partial charge in [0.15, 0.2) is 0 Å². The van der Waals surface area contributed by atoms with Crippen LogP contribution in [0.25, 0.3) is 0 Å². The number of likely N-dealkylation sites (N-methyl/N-ethyl adjacent to an activating group) is 2. The maximum absolute atomic E-state index is 14.6. The number of halogens is 2. The number of amides is 1. The first kappa shape index (κ1) is 31.3. The number of carbonyl (C=O) groups excluding carboxylic acids is 1. The van der Waals surface area contributed by atoms with E-state index >= 15 is 0 Å². The fourth-order valence-electron chi connectivity index (χ4n) is 8.42. The van der Waals surface area contributed by atoms with Gasteiger partial charge in [-0.05, 0) is 56.8 Å². The third kappa shape index (κ3) is 5.34. The summed E-state index contributed by atoms with van der Waals surface area (Å²) in [5.74, 6) is 0.435. The van der Waals surface area contributed by atoms with E-state index in [0.717, 1.165) is 62.1 Å². The molecule has 0 radical (unpaired) electrons. The number of aryl methyl sites for hydroxylation is 1. The molecule has 1 aromatic carbocycles. The summed E-state index contributed by atoms with van der Waals surface area (Å²) in [4.78, 5) is 35.8. The summed E-state index contributed by atoms with van der Waals surface area (Å²) in [6.45, 7) is 4.01. The highest BCUT2D eigenvalue weighted by Gasteiger charge is 2.50. The Hall–Kier alpha value is -3.28. The molecule has 0 unspecified atom stereocenters. The molecule has 0 saturated carbocycles. The minimum atomic E-state index is -0.832. The van der Waals surface area contributed by atoms with Crippen molar-refractivity contribution < 1.29 is 13.9 Å². The number of hydrogen-bond donors (Lipinski definition) is 1. The summed E-state index contributed by atoms with van der Waals surface area (Å²) in [5, 5.41) is 0.172. The molecule has 12 heteroatoms. The van der Waals surface area contributed by atoms with Gasteiger partial charge in [0.05, 0.1) is 34.1 Å². The molecule has 7 rings (SSSR count). The Kier molecular flexibility index (Phi) is 8.22. The maximum Gasteiger partial charge on any atom is 0.318 e. The molecule has 2 fully saturated rings. The lowest BCUT2D eigenvalue weighted by molar-refractivity contribution is -0.124. The Balaban J connectivity index is 1.26. The van der Waals surface area contributed by atoms with Crippen LogP contribution in [0.1, 0.15) is 54.5 Å². The van der Waals surface area contributed by atoms with Gasteiger partial charge in [0.25, 0.3) is 5.91 Å². The molecular weight excluding hydrogens is 607 g/mol. The zero-order valence-electron chi connectivity index (χ0n) is 27.1. The smallest absolute Gasteiger partial charge is 0.318 e. The number of aromatic nitrogens is 2. The molecule has 1 aliphatic carbocycles. The number of aliphatic imine (C=N–C) groups is 1. The molecule has 4 aliphatic heterocycles. The summed E-state index contributed by atoms with van der Waals surface area (Å²) in [6, 6.07) is 9.07. The second-order valence-corrected chi connectivity index (χ2v) is 14.2. The summed E-state index contributed by atoms with van der Waals surface area (Å²) in [6.07, 6.45) is 5.20. The van der Waals surface area contributed by atoms with Gasteiger partial charge in [-0.3, -0.25) is 19.6 Å². The van der Waals surface area contributed by atoms with Crippen LogP contribution in [-0.4, -0.2) is 108 Å². The number of alkyl halides is 1. The number of ether oxygens (including phenoxy) is 1. The van der Waals surface area contributed by atoms with Gasteiger partial charge < -0.3 is 20.3 Å². The van der Waals surface area contributed by atoms with Crippen LogP contribution < -0.4 is 15.4 Å². The molecule has 46 heavy (non-hydrogen) atoms. The Labute approximate surface area is 275 Å². The van der Waals surface area contributed by atoms with E-state index in [1.54, 1.807) is 14.1 Å². The highest BCUT2D eigenvalue weighted by atomic mass is 35.5. The number of anilines is 1. The van der Waals surface area contributed by atoms with Crippen LogP contribution in [0.5, 0.6) is 6.01 Å². The lowest BCUT2D eigenvalue weighted by atomic mass is 9.81. The van der Waals surface area contributed by atoms with E-state index in [0.29, 0.717) is 57.5 Å². The van der Waals surface area contributed by atoms with E-state index in [9.17, 15) is 9.18 Å². The molecular formula is C34H44ClFN8O2. The predicted molar refractivity (Wildman–Crippen MR) is 177 cm³/mol. The van der Waals surface area contributed by atoms with Crippen LogP contribution in [0.15, 0.2) is 40.0 Å². The van der Waals surface area contributed by atoms with Crippen molar-refractivity contribution in [2.24, 2.45) is 10.7 Å². The fraction of sp³-hybridized carbons (Fsp3) is 0.588. The SMILES string of the molecule is CN(C)C(=O)C(N)=C(Cl)C1=NCCCN(c2nc(OC[C@@]34CCCN3C[C@H](F)C4)nc3c2CN(C)[C@@]2(CCc4ccccc42)C3)C1. The van der Waals surface area contributed by atoms with Gasteiger partial charge in [0.1, 0.15) is 24.3 Å². The number of benzene rings is 1. The quantitative estimate of drug-likeness (QED) is 0.475. The Morgan fingerprint density at radius 3 is 2.83 bits per heavy atom. The zero-order valence-corrected chi connectivity index (χ0v) is 27.8. The molecule has 10 nitrogen and oxygen atoms in total. The maximum atomic E-state index is 14.6. The van der Waals surface area contributed by atoms with Crippen LogP contribution >= 0.6 is 11.6 Å². The van der Waals surface area contributed by atoms with E-state index in [1.807, 2.05) is 0 Å². The summed E-state index contributed by atoms with van der Waals surface area (Å²) in [5.41, 5.74) is 11.1.